The molecule has 3 aromatic rings. The van der Waals surface area contributed by atoms with E-state index in [0.717, 1.165) is 10.4 Å². The van der Waals surface area contributed by atoms with Crippen molar-refractivity contribution in [3.63, 3.8) is 0 Å². The number of halogens is 3. The molecule has 0 bridgehead atoms. The maximum atomic E-state index is 12.8. The molecule has 0 spiro atoms. The SMILES string of the molecule is O=C1CCC(C(=O)Cc2ncc(-c3ccc(OCC(F)(F)F)cc3)s2)n2cccc21. The number of ketones is 2. The van der Waals surface area contributed by atoms with E-state index < -0.39 is 12.8 Å². The second-order valence-corrected chi connectivity index (χ2v) is 8.08. The molecule has 156 valence electrons. The second kappa shape index (κ2) is 8.06. The molecular formula is C21H17F3N2O3S. The van der Waals surface area contributed by atoms with Crippen molar-refractivity contribution < 1.29 is 27.5 Å². The summed E-state index contributed by atoms with van der Waals surface area (Å²) in [5.41, 5.74) is 1.34. The third kappa shape index (κ3) is 4.46. The number of rotatable bonds is 6. The van der Waals surface area contributed by atoms with Crippen LogP contribution in [0.15, 0.2) is 48.8 Å². The maximum absolute atomic E-state index is 12.8. The van der Waals surface area contributed by atoms with E-state index in [1.165, 1.54) is 23.5 Å². The minimum absolute atomic E-state index is 0.00301. The second-order valence-electron chi connectivity index (χ2n) is 6.97. The van der Waals surface area contributed by atoms with Crippen LogP contribution in [0.4, 0.5) is 13.2 Å². The van der Waals surface area contributed by atoms with Gasteiger partial charge in [-0.15, -0.1) is 11.3 Å². The standard InChI is InChI=1S/C21H17F3N2O3S/c22-21(23,24)12-29-14-5-3-13(4-6-14)19-11-25-20(30-19)10-18(28)16-7-8-17(27)15-2-1-9-26(15)16/h1-6,9,11,16H,7-8,10,12H2. The summed E-state index contributed by atoms with van der Waals surface area (Å²) < 4.78 is 43.1. The molecule has 0 radical (unpaired) electrons. The van der Waals surface area contributed by atoms with Gasteiger partial charge in [-0.2, -0.15) is 13.2 Å². The number of nitrogens with zero attached hydrogens (tertiary/aromatic N) is 2. The Morgan fingerprint density at radius 1 is 1.23 bits per heavy atom. The summed E-state index contributed by atoms with van der Waals surface area (Å²) in [5.74, 6) is 0.172. The fourth-order valence-corrected chi connectivity index (χ4v) is 4.36. The predicted octanol–water partition coefficient (Wildman–Crippen LogP) is 4.88. The summed E-state index contributed by atoms with van der Waals surface area (Å²) >= 11 is 1.36. The molecule has 1 aliphatic rings. The van der Waals surface area contributed by atoms with Gasteiger partial charge in [0.2, 0.25) is 0 Å². The summed E-state index contributed by atoms with van der Waals surface area (Å²) in [6.45, 7) is -1.34. The number of benzene rings is 1. The van der Waals surface area contributed by atoms with Crippen LogP contribution < -0.4 is 4.74 Å². The van der Waals surface area contributed by atoms with Gasteiger partial charge in [-0.1, -0.05) is 0 Å². The number of hydrogen-bond acceptors (Lipinski definition) is 5. The zero-order valence-electron chi connectivity index (χ0n) is 15.7. The van der Waals surface area contributed by atoms with Crippen molar-refractivity contribution in [2.45, 2.75) is 31.5 Å². The fraction of sp³-hybridized carbons (Fsp3) is 0.286. The molecule has 30 heavy (non-hydrogen) atoms. The first-order valence-electron chi connectivity index (χ1n) is 9.27. The van der Waals surface area contributed by atoms with E-state index in [0.29, 0.717) is 23.5 Å². The lowest BCUT2D eigenvalue weighted by Crippen LogP contribution is -2.28. The third-order valence-corrected chi connectivity index (χ3v) is 5.88. The summed E-state index contributed by atoms with van der Waals surface area (Å²) in [6.07, 6.45) is 0.0109. The highest BCUT2D eigenvalue weighted by Crippen LogP contribution is 2.31. The zero-order valence-corrected chi connectivity index (χ0v) is 16.5. The molecule has 3 heterocycles. The molecule has 0 aliphatic carbocycles. The molecule has 0 amide bonds. The maximum Gasteiger partial charge on any atom is 0.422 e. The molecule has 1 aromatic carbocycles. The molecule has 0 fully saturated rings. The first-order chi connectivity index (χ1) is 14.3. The Bertz CT molecular complexity index is 1070. The highest BCUT2D eigenvalue weighted by Gasteiger charge is 2.30. The zero-order chi connectivity index (χ0) is 21.3. The average Bonchev–Trinajstić information content (AvgIpc) is 3.37. The molecule has 4 rings (SSSR count). The summed E-state index contributed by atoms with van der Waals surface area (Å²) in [4.78, 5) is 29.9. The number of carbonyl (C=O) groups excluding carboxylic acids is 2. The van der Waals surface area contributed by atoms with Crippen molar-refractivity contribution >= 4 is 22.9 Å². The van der Waals surface area contributed by atoms with Crippen LogP contribution in [0.3, 0.4) is 0 Å². The lowest BCUT2D eigenvalue weighted by atomic mass is 9.97. The number of carbonyl (C=O) groups is 2. The van der Waals surface area contributed by atoms with Crippen LogP contribution in [0.5, 0.6) is 5.75 Å². The highest BCUT2D eigenvalue weighted by molar-refractivity contribution is 7.15. The van der Waals surface area contributed by atoms with Gasteiger partial charge in [0, 0.05) is 18.8 Å². The van der Waals surface area contributed by atoms with Crippen molar-refractivity contribution in [2.75, 3.05) is 6.61 Å². The Morgan fingerprint density at radius 2 is 2.00 bits per heavy atom. The Morgan fingerprint density at radius 3 is 2.73 bits per heavy atom. The number of fused-ring (bicyclic) bond motifs is 1. The van der Waals surface area contributed by atoms with Crippen molar-refractivity contribution in [3.05, 3.63) is 59.5 Å². The first kappa shape index (κ1) is 20.3. The van der Waals surface area contributed by atoms with E-state index in [1.807, 2.05) is 0 Å². The minimum Gasteiger partial charge on any atom is -0.484 e. The van der Waals surface area contributed by atoms with Crippen molar-refractivity contribution in [1.82, 2.24) is 9.55 Å². The fourth-order valence-electron chi connectivity index (χ4n) is 3.43. The highest BCUT2D eigenvalue weighted by atomic mass is 32.1. The van der Waals surface area contributed by atoms with Gasteiger partial charge >= 0.3 is 6.18 Å². The third-order valence-electron chi connectivity index (χ3n) is 4.84. The van der Waals surface area contributed by atoms with Gasteiger partial charge in [0.25, 0.3) is 0 Å². The molecule has 9 heteroatoms. The van der Waals surface area contributed by atoms with E-state index in [-0.39, 0.29) is 29.8 Å². The van der Waals surface area contributed by atoms with Gasteiger partial charge < -0.3 is 9.30 Å². The number of thiazole rings is 1. The molecule has 0 saturated carbocycles. The topological polar surface area (TPSA) is 61.2 Å². The smallest absolute Gasteiger partial charge is 0.422 e. The van der Waals surface area contributed by atoms with Crippen LogP contribution in [-0.4, -0.2) is 33.9 Å². The van der Waals surface area contributed by atoms with Crippen LogP contribution in [0.1, 0.15) is 34.4 Å². The molecular weight excluding hydrogens is 417 g/mol. The lowest BCUT2D eigenvalue weighted by molar-refractivity contribution is -0.153. The Kier molecular flexibility index (Phi) is 5.46. The van der Waals surface area contributed by atoms with Crippen LogP contribution in [-0.2, 0) is 11.2 Å². The number of ether oxygens (including phenoxy) is 1. The normalized spacial score (nSPS) is 16.4. The minimum atomic E-state index is -4.38. The average molecular weight is 434 g/mol. The van der Waals surface area contributed by atoms with E-state index in [4.69, 9.17) is 4.74 Å². The number of Topliss-reactive ketones (excluding diaryl/α,β-unsaturated/α-hetero) is 2. The van der Waals surface area contributed by atoms with Gasteiger partial charge in [-0.05, 0) is 48.4 Å². The van der Waals surface area contributed by atoms with Gasteiger partial charge in [-0.25, -0.2) is 4.98 Å². The van der Waals surface area contributed by atoms with Crippen LogP contribution in [0, 0.1) is 0 Å². The molecule has 0 saturated heterocycles. The molecule has 0 N–H and O–H groups in total. The Labute approximate surface area is 174 Å². The van der Waals surface area contributed by atoms with E-state index in [2.05, 4.69) is 4.98 Å². The molecule has 1 unspecified atom stereocenters. The van der Waals surface area contributed by atoms with Crippen molar-refractivity contribution in [1.29, 1.82) is 0 Å². The first-order valence-corrected chi connectivity index (χ1v) is 10.1. The van der Waals surface area contributed by atoms with Gasteiger partial charge in [0.05, 0.1) is 23.0 Å². The predicted molar refractivity (Wildman–Crippen MR) is 105 cm³/mol. The summed E-state index contributed by atoms with van der Waals surface area (Å²) in [6, 6.07) is 9.38. The monoisotopic (exact) mass is 434 g/mol. The van der Waals surface area contributed by atoms with Crippen LogP contribution >= 0.6 is 11.3 Å². The van der Waals surface area contributed by atoms with Crippen molar-refractivity contribution in [2.24, 2.45) is 0 Å². The van der Waals surface area contributed by atoms with E-state index >= 15 is 0 Å². The summed E-state index contributed by atoms with van der Waals surface area (Å²) in [5, 5.41) is 0.651. The molecule has 5 nitrogen and oxygen atoms in total. The van der Waals surface area contributed by atoms with Gasteiger partial charge in [0.1, 0.15) is 10.8 Å². The Balaban J connectivity index is 1.42. The van der Waals surface area contributed by atoms with Gasteiger partial charge in [-0.3, -0.25) is 9.59 Å². The quantitative estimate of drug-likeness (QED) is 0.555. The van der Waals surface area contributed by atoms with Crippen LogP contribution in [0.2, 0.25) is 0 Å². The largest absolute Gasteiger partial charge is 0.484 e. The van der Waals surface area contributed by atoms with Gasteiger partial charge in [0.15, 0.2) is 18.2 Å². The molecule has 2 aromatic heterocycles. The summed E-state index contributed by atoms with van der Waals surface area (Å²) in [7, 11) is 0. The van der Waals surface area contributed by atoms with E-state index in [1.54, 1.807) is 41.2 Å². The van der Waals surface area contributed by atoms with Crippen molar-refractivity contribution in [3.8, 4) is 16.2 Å². The number of hydrogen-bond donors (Lipinski definition) is 0. The van der Waals surface area contributed by atoms with E-state index in [9.17, 15) is 22.8 Å². The number of alkyl halides is 3. The molecule has 1 atom stereocenters. The van der Waals surface area contributed by atoms with Crippen LogP contribution in [0.25, 0.3) is 10.4 Å². The molecule has 1 aliphatic heterocycles. The number of aromatic nitrogens is 2. The lowest BCUT2D eigenvalue weighted by Gasteiger charge is -2.24. The Hall–Kier alpha value is -2.94.